The zero-order valence-electron chi connectivity index (χ0n) is 13.5. The largest absolute Gasteiger partial charge is 0.350 e. The minimum Gasteiger partial charge on any atom is -0.350 e. The molecular weight excluding hydrogens is 306 g/mol. The van der Waals surface area contributed by atoms with Crippen molar-refractivity contribution in [2.24, 2.45) is 10.2 Å². The Morgan fingerprint density at radius 3 is 2.83 bits per heavy atom. The predicted octanol–water partition coefficient (Wildman–Crippen LogP) is 2.01. The van der Waals surface area contributed by atoms with E-state index in [9.17, 15) is 9.59 Å². The normalized spacial score (nSPS) is 17.8. The lowest BCUT2D eigenvalue weighted by Crippen LogP contribution is -2.27. The molecule has 1 saturated carbocycles. The van der Waals surface area contributed by atoms with E-state index < -0.39 is 5.66 Å². The van der Waals surface area contributed by atoms with Gasteiger partial charge in [-0.2, -0.15) is 10.2 Å². The van der Waals surface area contributed by atoms with E-state index >= 15 is 0 Å². The highest BCUT2D eigenvalue weighted by Crippen LogP contribution is 2.37. The summed E-state index contributed by atoms with van der Waals surface area (Å²) in [6.45, 7) is 0.258. The maximum Gasteiger partial charge on any atom is 0.251 e. The molecule has 1 amide bonds. The van der Waals surface area contributed by atoms with Gasteiger partial charge in [-0.3, -0.25) is 9.59 Å². The average molecular weight is 327 g/mol. The van der Waals surface area contributed by atoms with Gasteiger partial charge in [0, 0.05) is 37.7 Å². The molecule has 1 aliphatic heterocycles. The maximum absolute atomic E-state index is 12.0. The van der Waals surface area contributed by atoms with Gasteiger partial charge in [0.25, 0.3) is 5.56 Å². The van der Waals surface area contributed by atoms with Crippen molar-refractivity contribution in [3.05, 3.63) is 27.9 Å². The van der Waals surface area contributed by atoms with Gasteiger partial charge in [-0.05, 0) is 12.8 Å². The van der Waals surface area contributed by atoms with E-state index in [-0.39, 0.29) is 18.0 Å². The quantitative estimate of drug-likeness (QED) is 0.714. The Bertz CT molecular complexity index is 736. The lowest BCUT2D eigenvalue weighted by molar-refractivity contribution is -0.121. The third-order valence-electron chi connectivity index (χ3n) is 4.58. The highest BCUT2D eigenvalue weighted by atomic mass is 16.1. The summed E-state index contributed by atoms with van der Waals surface area (Å²) in [6.07, 6.45) is 10.7. The number of hydrogen-bond donors (Lipinski definition) is 2. The van der Waals surface area contributed by atoms with Crippen LogP contribution in [0, 0.1) is 12.3 Å². The molecule has 3 rings (SSSR count). The van der Waals surface area contributed by atoms with Gasteiger partial charge in [-0.15, -0.1) is 12.3 Å². The predicted molar refractivity (Wildman–Crippen MR) is 88.2 cm³/mol. The monoisotopic (exact) mass is 327 g/mol. The number of rotatable bonds is 8. The van der Waals surface area contributed by atoms with Crippen molar-refractivity contribution in [3.63, 3.8) is 0 Å². The van der Waals surface area contributed by atoms with Crippen molar-refractivity contribution in [2.75, 3.05) is 0 Å². The van der Waals surface area contributed by atoms with E-state index in [4.69, 9.17) is 6.42 Å². The Kier molecular flexibility index (Phi) is 4.74. The van der Waals surface area contributed by atoms with Gasteiger partial charge in [-0.25, -0.2) is 4.98 Å². The van der Waals surface area contributed by atoms with E-state index in [0.29, 0.717) is 37.3 Å². The molecule has 0 unspecified atom stereocenters. The number of nitrogens with one attached hydrogen (secondary N) is 2. The van der Waals surface area contributed by atoms with Crippen LogP contribution in [0.25, 0.3) is 0 Å². The van der Waals surface area contributed by atoms with E-state index in [1.54, 1.807) is 0 Å². The van der Waals surface area contributed by atoms with Crippen molar-refractivity contribution in [1.29, 1.82) is 0 Å². The molecule has 1 fully saturated rings. The smallest absolute Gasteiger partial charge is 0.251 e. The first-order valence-electron chi connectivity index (χ1n) is 8.35. The van der Waals surface area contributed by atoms with E-state index in [0.717, 1.165) is 18.7 Å². The molecule has 2 N–H and O–H groups in total. The van der Waals surface area contributed by atoms with Gasteiger partial charge < -0.3 is 10.3 Å². The summed E-state index contributed by atoms with van der Waals surface area (Å²) in [4.78, 5) is 31.0. The molecule has 2 heterocycles. The molecular formula is C17H21N5O2. The fourth-order valence-electron chi connectivity index (χ4n) is 2.75. The Balaban J connectivity index is 1.47. The molecule has 0 saturated heterocycles. The topological polar surface area (TPSA) is 99.6 Å². The number of aromatic amines is 1. The third kappa shape index (κ3) is 4.07. The molecule has 0 atom stereocenters. The number of carbonyl (C=O) groups excluding carboxylic acids is 1. The van der Waals surface area contributed by atoms with Crippen LogP contribution in [0.4, 0.5) is 0 Å². The molecule has 7 heteroatoms. The Hall–Kier alpha value is -2.49. The van der Waals surface area contributed by atoms with Crippen LogP contribution in [0.3, 0.4) is 0 Å². The highest BCUT2D eigenvalue weighted by molar-refractivity contribution is 5.75. The summed E-state index contributed by atoms with van der Waals surface area (Å²) in [5, 5.41) is 10.8. The summed E-state index contributed by atoms with van der Waals surface area (Å²) < 4.78 is 0. The fourth-order valence-corrected chi connectivity index (χ4v) is 2.75. The van der Waals surface area contributed by atoms with E-state index in [1.807, 2.05) is 0 Å². The van der Waals surface area contributed by atoms with E-state index in [1.165, 1.54) is 12.5 Å². The summed E-state index contributed by atoms with van der Waals surface area (Å²) in [5.74, 6) is 3.56. The third-order valence-corrected chi connectivity index (χ3v) is 4.58. The SMILES string of the molecule is C#CCCC1(CCC(=O)NCc2cc(=O)[nH]c(C3CCC3)n2)N=N1. The van der Waals surface area contributed by atoms with Crippen molar-refractivity contribution in [2.45, 2.75) is 63.1 Å². The van der Waals surface area contributed by atoms with Crippen LogP contribution in [0.1, 0.15) is 62.4 Å². The number of amides is 1. The second kappa shape index (κ2) is 6.95. The molecule has 1 aromatic rings. The lowest BCUT2D eigenvalue weighted by atomic mass is 9.85. The Morgan fingerprint density at radius 1 is 1.42 bits per heavy atom. The van der Waals surface area contributed by atoms with Gasteiger partial charge in [0.2, 0.25) is 5.91 Å². The first kappa shape index (κ1) is 16.4. The Morgan fingerprint density at radius 2 is 2.21 bits per heavy atom. The molecule has 2 aliphatic rings. The summed E-state index contributed by atoms with van der Waals surface area (Å²) >= 11 is 0. The number of aromatic nitrogens is 2. The van der Waals surface area contributed by atoms with Crippen LogP contribution in [0.15, 0.2) is 21.1 Å². The second-order valence-electron chi connectivity index (χ2n) is 6.41. The molecule has 7 nitrogen and oxygen atoms in total. The van der Waals surface area contributed by atoms with Crippen molar-refractivity contribution < 1.29 is 4.79 Å². The fraction of sp³-hybridized carbons (Fsp3) is 0.588. The number of terminal acetylenes is 1. The van der Waals surface area contributed by atoms with Crippen LogP contribution < -0.4 is 10.9 Å². The van der Waals surface area contributed by atoms with Gasteiger partial charge in [0.05, 0.1) is 12.2 Å². The van der Waals surface area contributed by atoms with Gasteiger partial charge >= 0.3 is 0 Å². The number of hydrogen-bond acceptors (Lipinski definition) is 5. The van der Waals surface area contributed by atoms with E-state index in [2.05, 4.69) is 31.4 Å². The maximum atomic E-state index is 12.0. The molecule has 0 aromatic carbocycles. The summed E-state index contributed by atoms with van der Waals surface area (Å²) in [5.41, 5.74) is -0.0136. The van der Waals surface area contributed by atoms with Crippen LogP contribution in [-0.2, 0) is 11.3 Å². The standard InChI is InChI=1S/C17H21N5O2/c1-2-3-8-17(21-22-17)9-7-14(23)18-11-13-10-15(24)20-16(19-13)12-5-4-6-12/h1,10,12H,3-9,11H2,(H,18,23)(H,19,20,24). The molecule has 1 aromatic heterocycles. The minimum atomic E-state index is -0.441. The van der Waals surface area contributed by atoms with Crippen molar-refractivity contribution in [1.82, 2.24) is 15.3 Å². The highest BCUT2D eigenvalue weighted by Gasteiger charge is 2.39. The van der Waals surface area contributed by atoms with Crippen molar-refractivity contribution >= 4 is 5.91 Å². The molecule has 0 radical (unpaired) electrons. The van der Waals surface area contributed by atoms with Crippen LogP contribution in [0.2, 0.25) is 0 Å². The lowest BCUT2D eigenvalue weighted by Gasteiger charge is -2.24. The first-order valence-corrected chi connectivity index (χ1v) is 8.35. The van der Waals surface area contributed by atoms with Crippen LogP contribution >= 0.6 is 0 Å². The molecule has 1 aliphatic carbocycles. The zero-order valence-corrected chi connectivity index (χ0v) is 13.5. The number of nitrogens with zero attached hydrogens (tertiary/aromatic N) is 3. The van der Waals surface area contributed by atoms with Gasteiger partial charge in [0.1, 0.15) is 5.82 Å². The molecule has 126 valence electrons. The molecule has 24 heavy (non-hydrogen) atoms. The van der Waals surface area contributed by atoms with Gasteiger partial charge in [-0.1, -0.05) is 6.42 Å². The number of H-pyrrole nitrogens is 1. The molecule has 0 spiro atoms. The summed E-state index contributed by atoms with van der Waals surface area (Å²) in [6, 6.07) is 1.43. The zero-order chi connectivity index (χ0) is 17.0. The summed E-state index contributed by atoms with van der Waals surface area (Å²) in [7, 11) is 0. The molecule has 0 bridgehead atoms. The second-order valence-corrected chi connectivity index (χ2v) is 6.41. The van der Waals surface area contributed by atoms with Crippen LogP contribution in [0.5, 0.6) is 0 Å². The number of carbonyl (C=O) groups is 1. The Labute approximate surface area is 140 Å². The minimum absolute atomic E-state index is 0.0975. The first-order chi connectivity index (χ1) is 11.6. The van der Waals surface area contributed by atoms with Gasteiger partial charge in [0.15, 0.2) is 5.66 Å². The average Bonchev–Trinajstić information content (AvgIpc) is 3.27. The van der Waals surface area contributed by atoms with Crippen molar-refractivity contribution in [3.8, 4) is 12.3 Å². The van der Waals surface area contributed by atoms with Crippen LogP contribution in [-0.4, -0.2) is 21.5 Å².